The number of rotatable bonds is 4. The van der Waals surface area contributed by atoms with Crippen LogP contribution < -0.4 is 5.73 Å². The fraction of sp³-hybridized carbons (Fsp3) is 0.600. The van der Waals surface area contributed by atoms with Gasteiger partial charge in [0.15, 0.2) is 0 Å². The Bertz CT molecular complexity index is 323. The number of hydrogen-bond donors (Lipinski definition) is 1. The minimum absolute atomic E-state index is 0.618. The molecule has 0 saturated carbocycles. The maximum Gasteiger partial charge on any atom is 0.00477 e. The van der Waals surface area contributed by atoms with E-state index in [1.165, 1.54) is 38.0 Å². The quantitative estimate of drug-likeness (QED) is 0.864. The summed E-state index contributed by atoms with van der Waals surface area (Å²) in [4.78, 5) is 2.58. The average Bonchev–Trinajstić information content (AvgIpc) is 2.40. The molecule has 1 aromatic carbocycles. The molecule has 1 heterocycles. The van der Waals surface area contributed by atoms with Crippen molar-refractivity contribution in [3.63, 3.8) is 0 Å². The van der Waals surface area contributed by atoms with E-state index >= 15 is 0 Å². The SMILES string of the molecule is CC(CN1CCCC(CN)C1)c1ccccc1. The molecule has 2 N–H and O–H groups in total. The molecule has 0 bridgehead atoms. The second-order valence-corrected chi connectivity index (χ2v) is 5.32. The normalized spacial score (nSPS) is 23.5. The predicted molar refractivity (Wildman–Crippen MR) is 73.1 cm³/mol. The number of likely N-dealkylation sites (tertiary alicyclic amines) is 1. The van der Waals surface area contributed by atoms with E-state index in [9.17, 15) is 0 Å². The van der Waals surface area contributed by atoms with E-state index in [-0.39, 0.29) is 0 Å². The Hall–Kier alpha value is -0.860. The number of nitrogens with zero attached hydrogens (tertiary/aromatic N) is 1. The Balaban J connectivity index is 1.88. The summed E-state index contributed by atoms with van der Waals surface area (Å²) in [5.74, 6) is 1.33. The van der Waals surface area contributed by atoms with Crippen molar-refractivity contribution < 1.29 is 0 Å². The highest BCUT2D eigenvalue weighted by molar-refractivity contribution is 5.19. The third-order valence-electron chi connectivity index (χ3n) is 3.84. The van der Waals surface area contributed by atoms with Crippen LogP contribution in [0.3, 0.4) is 0 Å². The summed E-state index contributed by atoms with van der Waals surface area (Å²) in [5, 5.41) is 0. The van der Waals surface area contributed by atoms with Crippen molar-refractivity contribution in [3.8, 4) is 0 Å². The average molecular weight is 232 g/mol. The van der Waals surface area contributed by atoms with Crippen molar-refractivity contribution in [2.45, 2.75) is 25.7 Å². The van der Waals surface area contributed by atoms with Gasteiger partial charge in [-0.15, -0.1) is 0 Å². The lowest BCUT2D eigenvalue weighted by Crippen LogP contribution is -2.40. The standard InChI is InChI=1S/C15H24N2/c1-13(15-7-3-2-4-8-15)11-17-9-5-6-14(10-16)12-17/h2-4,7-8,13-14H,5-6,9-12,16H2,1H3. The molecule has 94 valence electrons. The van der Waals surface area contributed by atoms with E-state index in [0.717, 1.165) is 6.54 Å². The van der Waals surface area contributed by atoms with Crippen molar-refractivity contribution in [2.24, 2.45) is 11.7 Å². The summed E-state index contributed by atoms with van der Waals surface area (Å²) < 4.78 is 0. The van der Waals surface area contributed by atoms with Gasteiger partial charge in [0.2, 0.25) is 0 Å². The molecule has 0 amide bonds. The van der Waals surface area contributed by atoms with Crippen LogP contribution >= 0.6 is 0 Å². The molecule has 1 aliphatic rings. The Kier molecular flexibility index (Phi) is 4.57. The molecule has 1 aliphatic heterocycles. The number of benzene rings is 1. The number of nitrogens with two attached hydrogens (primary N) is 1. The Morgan fingerprint density at radius 2 is 2.12 bits per heavy atom. The molecular weight excluding hydrogens is 208 g/mol. The first-order valence-corrected chi connectivity index (χ1v) is 6.77. The topological polar surface area (TPSA) is 29.3 Å². The number of hydrogen-bond acceptors (Lipinski definition) is 2. The summed E-state index contributed by atoms with van der Waals surface area (Å²) in [7, 11) is 0. The summed E-state index contributed by atoms with van der Waals surface area (Å²) in [6.07, 6.45) is 2.62. The van der Waals surface area contributed by atoms with Gasteiger partial charge in [0.05, 0.1) is 0 Å². The Morgan fingerprint density at radius 1 is 1.35 bits per heavy atom. The number of piperidine rings is 1. The molecule has 1 aromatic rings. The van der Waals surface area contributed by atoms with E-state index in [2.05, 4.69) is 42.2 Å². The maximum absolute atomic E-state index is 5.78. The molecular formula is C15H24N2. The van der Waals surface area contributed by atoms with E-state index in [1.54, 1.807) is 0 Å². The lowest BCUT2D eigenvalue weighted by Gasteiger charge is -2.33. The van der Waals surface area contributed by atoms with Gasteiger partial charge in [-0.3, -0.25) is 0 Å². The van der Waals surface area contributed by atoms with E-state index in [0.29, 0.717) is 11.8 Å². The largest absolute Gasteiger partial charge is 0.330 e. The molecule has 0 radical (unpaired) electrons. The Morgan fingerprint density at radius 3 is 2.82 bits per heavy atom. The fourth-order valence-electron chi connectivity index (χ4n) is 2.78. The van der Waals surface area contributed by atoms with Gasteiger partial charge in [-0.25, -0.2) is 0 Å². The van der Waals surface area contributed by atoms with E-state index in [1.807, 2.05) is 0 Å². The molecule has 2 heteroatoms. The zero-order chi connectivity index (χ0) is 12.1. The highest BCUT2D eigenvalue weighted by atomic mass is 15.1. The molecule has 2 rings (SSSR count). The lowest BCUT2D eigenvalue weighted by atomic mass is 9.95. The fourth-order valence-corrected chi connectivity index (χ4v) is 2.78. The molecule has 1 fully saturated rings. The van der Waals surface area contributed by atoms with Gasteiger partial charge < -0.3 is 10.6 Å². The van der Waals surface area contributed by atoms with Crippen LogP contribution in [-0.2, 0) is 0 Å². The minimum Gasteiger partial charge on any atom is -0.330 e. The summed E-state index contributed by atoms with van der Waals surface area (Å²) >= 11 is 0. The molecule has 0 aliphatic carbocycles. The van der Waals surface area contributed by atoms with Gasteiger partial charge in [0, 0.05) is 13.1 Å². The van der Waals surface area contributed by atoms with Gasteiger partial charge in [0.25, 0.3) is 0 Å². The monoisotopic (exact) mass is 232 g/mol. The first-order chi connectivity index (χ1) is 8.29. The zero-order valence-corrected chi connectivity index (χ0v) is 10.8. The molecule has 2 atom stereocenters. The van der Waals surface area contributed by atoms with Crippen LogP contribution in [0.5, 0.6) is 0 Å². The van der Waals surface area contributed by atoms with Crippen molar-refractivity contribution in [3.05, 3.63) is 35.9 Å². The van der Waals surface area contributed by atoms with Crippen LogP contribution in [0, 0.1) is 5.92 Å². The predicted octanol–water partition coefficient (Wildman–Crippen LogP) is 2.46. The van der Waals surface area contributed by atoms with Crippen LogP contribution in [0.4, 0.5) is 0 Å². The van der Waals surface area contributed by atoms with Gasteiger partial charge in [0.1, 0.15) is 0 Å². The second kappa shape index (κ2) is 6.18. The third-order valence-corrected chi connectivity index (χ3v) is 3.84. The molecule has 2 unspecified atom stereocenters. The van der Waals surface area contributed by atoms with E-state index < -0.39 is 0 Å². The molecule has 0 aromatic heterocycles. The van der Waals surface area contributed by atoms with Gasteiger partial charge in [-0.05, 0) is 43.3 Å². The zero-order valence-electron chi connectivity index (χ0n) is 10.8. The van der Waals surface area contributed by atoms with Gasteiger partial charge >= 0.3 is 0 Å². The molecule has 2 nitrogen and oxygen atoms in total. The highest BCUT2D eigenvalue weighted by Gasteiger charge is 2.20. The van der Waals surface area contributed by atoms with Crippen LogP contribution in [0.25, 0.3) is 0 Å². The maximum atomic E-state index is 5.78. The van der Waals surface area contributed by atoms with Crippen LogP contribution in [0.1, 0.15) is 31.2 Å². The second-order valence-electron chi connectivity index (χ2n) is 5.32. The highest BCUT2D eigenvalue weighted by Crippen LogP contribution is 2.20. The van der Waals surface area contributed by atoms with Crippen LogP contribution in [-0.4, -0.2) is 31.1 Å². The molecule has 1 saturated heterocycles. The molecule has 0 spiro atoms. The van der Waals surface area contributed by atoms with Crippen molar-refractivity contribution >= 4 is 0 Å². The lowest BCUT2D eigenvalue weighted by molar-refractivity contribution is 0.171. The third kappa shape index (κ3) is 3.55. The summed E-state index contributed by atoms with van der Waals surface area (Å²) in [5.41, 5.74) is 7.23. The van der Waals surface area contributed by atoms with Crippen molar-refractivity contribution in [1.82, 2.24) is 4.90 Å². The minimum atomic E-state index is 0.618. The van der Waals surface area contributed by atoms with Gasteiger partial charge in [-0.2, -0.15) is 0 Å². The first-order valence-electron chi connectivity index (χ1n) is 6.77. The smallest absolute Gasteiger partial charge is 0.00477 e. The first kappa shape index (κ1) is 12.6. The van der Waals surface area contributed by atoms with Crippen LogP contribution in [0.2, 0.25) is 0 Å². The Labute approximate surface area is 105 Å². The van der Waals surface area contributed by atoms with Crippen molar-refractivity contribution in [2.75, 3.05) is 26.2 Å². The van der Waals surface area contributed by atoms with Gasteiger partial charge in [-0.1, -0.05) is 37.3 Å². The van der Waals surface area contributed by atoms with E-state index in [4.69, 9.17) is 5.73 Å². The van der Waals surface area contributed by atoms with Crippen molar-refractivity contribution in [1.29, 1.82) is 0 Å². The van der Waals surface area contributed by atoms with Crippen LogP contribution in [0.15, 0.2) is 30.3 Å². The summed E-state index contributed by atoms with van der Waals surface area (Å²) in [6.45, 7) is 6.76. The molecule has 17 heavy (non-hydrogen) atoms. The summed E-state index contributed by atoms with van der Waals surface area (Å²) in [6, 6.07) is 10.8.